The molecular weight excluding hydrogens is 413 g/mol. The highest BCUT2D eigenvalue weighted by Gasteiger charge is 2.35. The number of methoxy groups -OCH3 is 1. The number of allylic oxidation sites excluding steroid dienone is 1. The molecule has 3 rings (SSSR count). The number of rotatable bonds is 7. The molecule has 29 heavy (non-hydrogen) atoms. The van der Waals surface area contributed by atoms with Crippen LogP contribution in [-0.2, 0) is 20.9 Å². The van der Waals surface area contributed by atoms with Crippen LogP contribution in [-0.4, -0.2) is 30.6 Å². The van der Waals surface area contributed by atoms with Gasteiger partial charge in [-0.15, -0.1) is 11.6 Å². The van der Waals surface area contributed by atoms with Crippen LogP contribution in [0.5, 0.6) is 0 Å². The number of hydrazone groups is 1. The third-order valence-electron chi connectivity index (χ3n) is 4.32. The first kappa shape index (κ1) is 20.9. The Morgan fingerprint density at radius 2 is 1.83 bits per heavy atom. The Kier molecular flexibility index (Phi) is 6.90. The van der Waals surface area contributed by atoms with Crippen LogP contribution in [0, 0.1) is 0 Å². The highest BCUT2D eigenvalue weighted by atomic mass is 35.5. The predicted octanol–water partition coefficient (Wildman–Crippen LogP) is 3.89. The minimum atomic E-state index is -0.507. The van der Waals surface area contributed by atoms with Crippen LogP contribution >= 0.6 is 23.2 Å². The van der Waals surface area contributed by atoms with Crippen LogP contribution in [0.2, 0.25) is 5.02 Å². The molecule has 1 N–H and O–H groups in total. The summed E-state index contributed by atoms with van der Waals surface area (Å²) in [4.78, 5) is 25.1. The molecule has 8 heteroatoms. The van der Waals surface area contributed by atoms with Crippen molar-refractivity contribution in [3.63, 3.8) is 0 Å². The van der Waals surface area contributed by atoms with Crippen molar-refractivity contribution >= 4 is 46.5 Å². The molecule has 0 spiro atoms. The molecule has 0 radical (unpaired) electrons. The summed E-state index contributed by atoms with van der Waals surface area (Å²) in [5.74, 6) is -0.870. The van der Waals surface area contributed by atoms with Crippen LogP contribution in [0.4, 0.5) is 5.69 Å². The lowest BCUT2D eigenvalue weighted by atomic mass is 10.1. The number of halogens is 2. The Morgan fingerprint density at radius 1 is 1.14 bits per heavy atom. The Hall–Kier alpha value is -2.83. The molecular formula is C21H19Cl2N3O3. The zero-order valence-corrected chi connectivity index (χ0v) is 17.2. The maximum absolute atomic E-state index is 13.2. The van der Waals surface area contributed by atoms with E-state index >= 15 is 0 Å². The van der Waals surface area contributed by atoms with Gasteiger partial charge < -0.3 is 10.1 Å². The Bertz CT molecular complexity index is 974. The molecule has 0 atom stereocenters. The minimum absolute atomic E-state index is 0.0461. The summed E-state index contributed by atoms with van der Waals surface area (Å²) in [6, 6.07) is 16.5. The number of nitrogens with one attached hydrogen (secondary N) is 1. The molecule has 1 heterocycles. The van der Waals surface area contributed by atoms with Gasteiger partial charge in [-0.25, -0.2) is 0 Å². The van der Waals surface area contributed by atoms with Crippen LogP contribution in [0.3, 0.4) is 0 Å². The number of benzene rings is 2. The quantitative estimate of drug-likeness (QED) is 0.410. The molecule has 1 aliphatic heterocycles. The molecule has 0 fully saturated rings. The maximum atomic E-state index is 13.2. The topological polar surface area (TPSA) is 71.0 Å². The summed E-state index contributed by atoms with van der Waals surface area (Å²) in [5, 5.41) is 9.11. The Labute approximate surface area is 178 Å². The van der Waals surface area contributed by atoms with Gasteiger partial charge in [0.15, 0.2) is 0 Å². The number of carbonyl (C=O) groups is 2. The smallest absolute Gasteiger partial charge is 0.311 e. The Morgan fingerprint density at radius 3 is 2.48 bits per heavy atom. The first-order valence-electron chi connectivity index (χ1n) is 8.85. The van der Waals surface area contributed by atoms with Gasteiger partial charge in [0.2, 0.25) is 0 Å². The fourth-order valence-corrected chi connectivity index (χ4v) is 3.32. The Balaban J connectivity index is 1.97. The highest BCUT2D eigenvalue weighted by molar-refractivity contribution is 6.37. The molecule has 2 aromatic rings. The highest BCUT2D eigenvalue weighted by Crippen LogP contribution is 2.31. The standard InChI is InChI=1S/C21H19Cl2N3O3/c1-29-19(27)11-16-20(17(12-22)24-13-14-7-3-2-4-8-14)21(28)26(25-16)18-10-6-5-9-15(18)23/h2-10,24H,11-13H2,1H3/b20-17-. The summed E-state index contributed by atoms with van der Waals surface area (Å²) >= 11 is 12.4. The number of amides is 1. The second kappa shape index (κ2) is 9.58. The first-order chi connectivity index (χ1) is 14.0. The maximum Gasteiger partial charge on any atom is 0.311 e. The molecule has 0 unspecified atom stereocenters. The van der Waals surface area contributed by atoms with Crippen molar-refractivity contribution in [3.8, 4) is 0 Å². The van der Waals surface area contributed by atoms with Gasteiger partial charge in [0.1, 0.15) is 0 Å². The normalized spacial score (nSPS) is 15.2. The molecule has 0 saturated carbocycles. The van der Waals surface area contributed by atoms with E-state index in [2.05, 4.69) is 10.4 Å². The van der Waals surface area contributed by atoms with Gasteiger partial charge in [-0.1, -0.05) is 54.1 Å². The fraction of sp³-hybridized carbons (Fsp3) is 0.190. The van der Waals surface area contributed by atoms with Crippen LogP contribution in [0.15, 0.2) is 71.0 Å². The van der Waals surface area contributed by atoms with Crippen molar-refractivity contribution in [2.45, 2.75) is 13.0 Å². The first-order valence-corrected chi connectivity index (χ1v) is 9.77. The zero-order valence-electron chi connectivity index (χ0n) is 15.7. The van der Waals surface area contributed by atoms with E-state index in [0.29, 0.717) is 23.0 Å². The van der Waals surface area contributed by atoms with Crippen LogP contribution < -0.4 is 10.3 Å². The summed E-state index contributed by atoms with van der Waals surface area (Å²) in [6.45, 7) is 0.470. The van der Waals surface area contributed by atoms with Gasteiger partial charge in [-0.05, 0) is 17.7 Å². The van der Waals surface area contributed by atoms with Crippen molar-refractivity contribution in [1.29, 1.82) is 0 Å². The third kappa shape index (κ3) is 4.78. The van der Waals surface area contributed by atoms with E-state index in [1.165, 1.54) is 12.1 Å². The number of para-hydroxylation sites is 1. The van der Waals surface area contributed by atoms with E-state index in [0.717, 1.165) is 5.56 Å². The SMILES string of the molecule is COC(=O)CC1=NN(c2ccccc2Cl)C(=O)/C1=C(/CCl)NCc1ccccc1. The zero-order chi connectivity index (χ0) is 20.8. The third-order valence-corrected chi connectivity index (χ3v) is 4.91. The van der Waals surface area contributed by atoms with Gasteiger partial charge >= 0.3 is 5.97 Å². The van der Waals surface area contributed by atoms with Gasteiger partial charge in [0.05, 0.1) is 41.4 Å². The molecule has 1 amide bonds. The number of hydrogen-bond acceptors (Lipinski definition) is 5. The van der Waals surface area contributed by atoms with Gasteiger partial charge in [0, 0.05) is 12.2 Å². The van der Waals surface area contributed by atoms with Gasteiger partial charge in [-0.3, -0.25) is 9.59 Å². The van der Waals surface area contributed by atoms with Gasteiger partial charge in [-0.2, -0.15) is 10.1 Å². The second-order valence-electron chi connectivity index (χ2n) is 6.19. The average molecular weight is 432 g/mol. The van der Waals surface area contributed by atoms with E-state index < -0.39 is 11.9 Å². The van der Waals surface area contributed by atoms with E-state index in [1.54, 1.807) is 24.3 Å². The predicted molar refractivity (Wildman–Crippen MR) is 114 cm³/mol. The second-order valence-corrected chi connectivity index (χ2v) is 6.87. The van der Waals surface area contributed by atoms with Crippen molar-refractivity contribution in [2.75, 3.05) is 18.0 Å². The number of hydrogen-bond donors (Lipinski definition) is 1. The van der Waals surface area contributed by atoms with Crippen molar-refractivity contribution in [3.05, 3.63) is 76.5 Å². The summed E-state index contributed by atoms with van der Waals surface area (Å²) in [6.07, 6.45) is -0.161. The molecule has 6 nitrogen and oxygen atoms in total. The minimum Gasteiger partial charge on any atom is -0.469 e. The molecule has 2 aromatic carbocycles. The lowest BCUT2D eigenvalue weighted by Gasteiger charge is -2.15. The molecule has 0 bridgehead atoms. The molecule has 0 aliphatic carbocycles. The lowest BCUT2D eigenvalue weighted by molar-refractivity contribution is -0.139. The summed E-state index contributed by atoms with van der Waals surface area (Å²) in [5.41, 5.74) is 2.46. The number of esters is 1. The van der Waals surface area contributed by atoms with E-state index in [4.69, 9.17) is 27.9 Å². The van der Waals surface area contributed by atoms with E-state index in [1.807, 2.05) is 30.3 Å². The van der Waals surface area contributed by atoms with Crippen molar-refractivity contribution < 1.29 is 14.3 Å². The van der Waals surface area contributed by atoms with Crippen molar-refractivity contribution in [1.82, 2.24) is 5.32 Å². The van der Waals surface area contributed by atoms with Crippen LogP contribution in [0.25, 0.3) is 0 Å². The average Bonchev–Trinajstić information content (AvgIpc) is 3.05. The summed E-state index contributed by atoms with van der Waals surface area (Å²) in [7, 11) is 1.28. The number of ether oxygens (including phenoxy) is 1. The lowest BCUT2D eigenvalue weighted by Crippen LogP contribution is -2.27. The molecule has 0 aromatic heterocycles. The van der Waals surface area contributed by atoms with E-state index in [-0.39, 0.29) is 23.6 Å². The van der Waals surface area contributed by atoms with Gasteiger partial charge in [0.25, 0.3) is 5.91 Å². The van der Waals surface area contributed by atoms with Crippen LogP contribution in [0.1, 0.15) is 12.0 Å². The fourth-order valence-electron chi connectivity index (χ4n) is 2.88. The number of carbonyl (C=O) groups excluding carboxylic acids is 2. The molecule has 1 aliphatic rings. The van der Waals surface area contributed by atoms with Crippen molar-refractivity contribution in [2.24, 2.45) is 5.10 Å². The monoisotopic (exact) mass is 431 g/mol. The number of alkyl halides is 1. The number of nitrogens with zero attached hydrogens (tertiary/aromatic N) is 2. The summed E-state index contributed by atoms with van der Waals surface area (Å²) < 4.78 is 4.75. The molecule has 0 saturated heterocycles. The number of anilines is 1. The van der Waals surface area contributed by atoms with E-state index in [9.17, 15) is 9.59 Å². The molecule has 150 valence electrons. The largest absolute Gasteiger partial charge is 0.469 e.